The minimum Gasteiger partial charge on any atom is -0.481 e. The quantitative estimate of drug-likeness (QED) is 0.839. The van der Waals surface area contributed by atoms with Gasteiger partial charge in [0, 0.05) is 11.9 Å². The van der Waals surface area contributed by atoms with Crippen molar-refractivity contribution < 1.29 is 9.90 Å². The first-order valence-electron chi connectivity index (χ1n) is 7.03. The van der Waals surface area contributed by atoms with E-state index in [1.165, 1.54) is 43.4 Å². The maximum atomic E-state index is 10.6. The lowest BCUT2D eigenvalue weighted by atomic mass is 9.81. The zero-order valence-corrected chi connectivity index (χ0v) is 12.2. The molecule has 19 heavy (non-hydrogen) atoms. The van der Waals surface area contributed by atoms with Crippen LogP contribution >= 0.6 is 11.3 Å². The summed E-state index contributed by atoms with van der Waals surface area (Å²) >= 11 is 1.49. The van der Waals surface area contributed by atoms with Crippen LogP contribution in [0, 0.1) is 11.8 Å². The van der Waals surface area contributed by atoms with E-state index in [4.69, 9.17) is 5.11 Å². The number of hydrogen-bond donors (Lipinski definition) is 2. The molecule has 1 fully saturated rings. The lowest BCUT2D eigenvalue weighted by molar-refractivity contribution is -0.136. The van der Waals surface area contributed by atoms with Gasteiger partial charge in [0.05, 0.1) is 12.1 Å². The van der Waals surface area contributed by atoms with Gasteiger partial charge >= 0.3 is 5.97 Å². The molecule has 0 aromatic carbocycles. The van der Waals surface area contributed by atoms with Gasteiger partial charge in [-0.1, -0.05) is 26.2 Å². The third-order valence-corrected chi connectivity index (χ3v) is 4.61. The summed E-state index contributed by atoms with van der Waals surface area (Å²) in [5.74, 6) is 0.892. The molecular formula is C14H22N2O2S. The first-order chi connectivity index (χ1) is 9.13. The van der Waals surface area contributed by atoms with Gasteiger partial charge in [0.2, 0.25) is 0 Å². The molecule has 5 heteroatoms. The summed E-state index contributed by atoms with van der Waals surface area (Å²) in [5, 5.41) is 14.7. The van der Waals surface area contributed by atoms with Gasteiger partial charge in [0.25, 0.3) is 0 Å². The van der Waals surface area contributed by atoms with E-state index in [-0.39, 0.29) is 6.42 Å². The Morgan fingerprint density at radius 3 is 3.16 bits per heavy atom. The van der Waals surface area contributed by atoms with Crippen LogP contribution in [0.4, 0.5) is 5.13 Å². The predicted octanol–water partition coefficient (Wildman–Crippen LogP) is 3.40. The average Bonchev–Trinajstić information content (AvgIpc) is 2.76. The lowest BCUT2D eigenvalue weighted by Gasteiger charge is -2.26. The van der Waals surface area contributed by atoms with E-state index in [1.807, 2.05) is 5.38 Å². The molecule has 1 saturated carbocycles. The summed E-state index contributed by atoms with van der Waals surface area (Å²) in [6, 6.07) is 0. The third-order valence-electron chi connectivity index (χ3n) is 3.76. The molecule has 1 aliphatic rings. The first-order valence-corrected chi connectivity index (χ1v) is 7.91. The third kappa shape index (κ3) is 4.82. The molecule has 4 nitrogen and oxygen atoms in total. The molecule has 1 aromatic rings. The summed E-state index contributed by atoms with van der Waals surface area (Å²) in [5.41, 5.74) is 0.645. The number of aliphatic carboxylic acids is 1. The number of rotatable bonds is 6. The molecule has 0 bridgehead atoms. The van der Waals surface area contributed by atoms with Gasteiger partial charge in [-0.15, -0.1) is 11.3 Å². The second-order valence-corrected chi connectivity index (χ2v) is 6.43. The number of nitrogens with zero attached hydrogens (tertiary/aromatic N) is 1. The number of aromatic nitrogens is 1. The molecule has 1 aliphatic carbocycles. The highest BCUT2D eigenvalue weighted by Crippen LogP contribution is 2.30. The molecule has 1 heterocycles. The van der Waals surface area contributed by atoms with Gasteiger partial charge in [-0.2, -0.15) is 0 Å². The Morgan fingerprint density at radius 2 is 2.42 bits per heavy atom. The Morgan fingerprint density at radius 1 is 1.58 bits per heavy atom. The fourth-order valence-electron chi connectivity index (χ4n) is 2.83. The molecule has 1 aromatic heterocycles. The number of carboxylic acids is 1. The van der Waals surface area contributed by atoms with E-state index >= 15 is 0 Å². The van der Waals surface area contributed by atoms with Crippen LogP contribution in [-0.2, 0) is 11.2 Å². The maximum absolute atomic E-state index is 10.6. The van der Waals surface area contributed by atoms with Gasteiger partial charge in [0.1, 0.15) is 0 Å². The van der Waals surface area contributed by atoms with E-state index in [9.17, 15) is 4.79 Å². The van der Waals surface area contributed by atoms with Crippen molar-refractivity contribution in [1.29, 1.82) is 0 Å². The van der Waals surface area contributed by atoms with Crippen LogP contribution < -0.4 is 5.32 Å². The van der Waals surface area contributed by atoms with Gasteiger partial charge in [-0.25, -0.2) is 4.98 Å². The minimum absolute atomic E-state index is 0.0122. The highest BCUT2D eigenvalue weighted by atomic mass is 32.1. The summed E-state index contributed by atoms with van der Waals surface area (Å²) in [7, 11) is 0. The van der Waals surface area contributed by atoms with Gasteiger partial charge in [-0.05, 0) is 24.7 Å². The largest absolute Gasteiger partial charge is 0.481 e. The normalized spacial score (nSPS) is 23.2. The SMILES string of the molecule is CC1CCCC(CCNc2nc(CC(=O)O)cs2)C1. The fourth-order valence-corrected chi connectivity index (χ4v) is 3.57. The Balaban J connectivity index is 1.70. The molecule has 0 radical (unpaired) electrons. The molecule has 2 rings (SSSR count). The minimum atomic E-state index is -0.826. The van der Waals surface area contributed by atoms with Crippen molar-refractivity contribution >= 4 is 22.4 Å². The number of carbonyl (C=O) groups is 1. The number of nitrogens with one attached hydrogen (secondary N) is 1. The predicted molar refractivity (Wildman–Crippen MR) is 77.7 cm³/mol. The van der Waals surface area contributed by atoms with Crippen molar-refractivity contribution in [3.05, 3.63) is 11.1 Å². The van der Waals surface area contributed by atoms with Gasteiger partial charge in [0.15, 0.2) is 5.13 Å². The van der Waals surface area contributed by atoms with Gasteiger partial charge < -0.3 is 10.4 Å². The van der Waals surface area contributed by atoms with Crippen molar-refractivity contribution in [2.75, 3.05) is 11.9 Å². The molecule has 2 N–H and O–H groups in total. The summed E-state index contributed by atoms with van der Waals surface area (Å²) in [6.07, 6.45) is 6.66. The highest BCUT2D eigenvalue weighted by Gasteiger charge is 2.18. The molecule has 0 saturated heterocycles. The van der Waals surface area contributed by atoms with Crippen LogP contribution in [-0.4, -0.2) is 22.6 Å². The average molecular weight is 282 g/mol. The van der Waals surface area contributed by atoms with Crippen LogP contribution in [0.3, 0.4) is 0 Å². The van der Waals surface area contributed by atoms with Crippen LogP contribution in [0.15, 0.2) is 5.38 Å². The molecule has 0 amide bonds. The van der Waals surface area contributed by atoms with Crippen molar-refractivity contribution in [2.24, 2.45) is 11.8 Å². The van der Waals surface area contributed by atoms with Crippen LogP contribution in [0.5, 0.6) is 0 Å². The number of thiazole rings is 1. The van der Waals surface area contributed by atoms with E-state index in [2.05, 4.69) is 17.2 Å². The number of hydrogen-bond acceptors (Lipinski definition) is 4. The molecular weight excluding hydrogens is 260 g/mol. The Bertz CT molecular complexity index is 419. The van der Waals surface area contributed by atoms with E-state index in [0.29, 0.717) is 5.69 Å². The van der Waals surface area contributed by atoms with E-state index in [1.54, 1.807) is 0 Å². The second kappa shape index (κ2) is 6.89. The van der Waals surface area contributed by atoms with Crippen LogP contribution in [0.1, 0.15) is 44.7 Å². The smallest absolute Gasteiger partial charge is 0.309 e. The molecule has 0 aliphatic heterocycles. The van der Waals surface area contributed by atoms with Crippen LogP contribution in [0.25, 0.3) is 0 Å². The van der Waals surface area contributed by atoms with Crippen LogP contribution in [0.2, 0.25) is 0 Å². The highest BCUT2D eigenvalue weighted by molar-refractivity contribution is 7.13. The van der Waals surface area contributed by atoms with Crippen molar-refractivity contribution in [3.8, 4) is 0 Å². The summed E-state index contributed by atoms with van der Waals surface area (Å²) in [6.45, 7) is 3.29. The molecule has 0 spiro atoms. The number of carboxylic acid groups (broad SMARTS) is 1. The Hall–Kier alpha value is -1.10. The monoisotopic (exact) mass is 282 g/mol. The van der Waals surface area contributed by atoms with E-state index in [0.717, 1.165) is 23.5 Å². The Kier molecular flexibility index (Phi) is 5.19. The molecule has 2 atom stereocenters. The zero-order chi connectivity index (χ0) is 13.7. The van der Waals surface area contributed by atoms with E-state index < -0.39 is 5.97 Å². The van der Waals surface area contributed by atoms with Crippen molar-refractivity contribution in [2.45, 2.75) is 45.4 Å². The molecule has 2 unspecified atom stereocenters. The number of anilines is 1. The topological polar surface area (TPSA) is 62.2 Å². The van der Waals surface area contributed by atoms with Gasteiger partial charge in [-0.3, -0.25) is 4.79 Å². The zero-order valence-electron chi connectivity index (χ0n) is 11.4. The molecule has 106 valence electrons. The first kappa shape index (κ1) is 14.3. The second-order valence-electron chi connectivity index (χ2n) is 5.57. The summed E-state index contributed by atoms with van der Waals surface area (Å²) < 4.78 is 0. The standard InChI is InChI=1S/C14H22N2O2S/c1-10-3-2-4-11(7-10)5-6-15-14-16-12(9-19-14)8-13(17)18/h9-11H,2-8H2,1H3,(H,15,16)(H,17,18). The fraction of sp³-hybridized carbons (Fsp3) is 0.714. The maximum Gasteiger partial charge on any atom is 0.309 e. The summed E-state index contributed by atoms with van der Waals surface area (Å²) in [4.78, 5) is 14.8. The van der Waals surface area contributed by atoms with Crippen molar-refractivity contribution in [3.63, 3.8) is 0 Å². The Labute approximate surface area is 118 Å². The lowest BCUT2D eigenvalue weighted by Crippen LogP contribution is -2.16. The van der Waals surface area contributed by atoms with Crippen molar-refractivity contribution in [1.82, 2.24) is 4.98 Å².